The Balaban J connectivity index is 1.54. The van der Waals surface area contributed by atoms with E-state index in [1.807, 2.05) is 16.9 Å². The summed E-state index contributed by atoms with van der Waals surface area (Å²) in [4.78, 5) is 12.4. The fourth-order valence-electron chi connectivity index (χ4n) is 3.97. The molecular weight excluding hydrogens is 288 g/mol. The number of nitrogens with zero attached hydrogens (tertiary/aromatic N) is 2. The maximum atomic E-state index is 12.4. The van der Waals surface area contributed by atoms with Gasteiger partial charge in [0.15, 0.2) is 0 Å². The predicted octanol–water partition coefficient (Wildman–Crippen LogP) is 2.75. The van der Waals surface area contributed by atoms with Gasteiger partial charge in [-0.05, 0) is 49.6 Å². The minimum Gasteiger partial charge on any atom is -0.350 e. The SMILES string of the molecule is CC(C)(CNC(=O)c1ccn(C2CCCNC2)n1)C1CCCC1. The Morgan fingerprint density at radius 1 is 1.35 bits per heavy atom. The van der Waals surface area contributed by atoms with Gasteiger partial charge >= 0.3 is 0 Å². The summed E-state index contributed by atoms with van der Waals surface area (Å²) in [5.74, 6) is 0.687. The molecule has 5 nitrogen and oxygen atoms in total. The third kappa shape index (κ3) is 3.94. The van der Waals surface area contributed by atoms with Crippen LogP contribution in [0.4, 0.5) is 0 Å². The summed E-state index contributed by atoms with van der Waals surface area (Å²) >= 11 is 0. The average Bonchev–Trinajstić information content (AvgIpc) is 3.25. The van der Waals surface area contributed by atoms with Crippen molar-refractivity contribution in [3.63, 3.8) is 0 Å². The summed E-state index contributed by atoms with van der Waals surface area (Å²) in [6.07, 6.45) is 9.50. The molecule has 1 saturated carbocycles. The third-order valence-corrected chi connectivity index (χ3v) is 5.65. The van der Waals surface area contributed by atoms with Crippen molar-refractivity contribution >= 4 is 5.91 Å². The van der Waals surface area contributed by atoms with E-state index in [0.717, 1.165) is 32.0 Å². The van der Waals surface area contributed by atoms with Gasteiger partial charge < -0.3 is 10.6 Å². The molecule has 5 heteroatoms. The number of rotatable bonds is 5. The van der Waals surface area contributed by atoms with Gasteiger partial charge in [0.1, 0.15) is 5.69 Å². The molecule has 1 aromatic heterocycles. The van der Waals surface area contributed by atoms with Crippen LogP contribution in [0.3, 0.4) is 0 Å². The van der Waals surface area contributed by atoms with E-state index in [1.165, 1.54) is 32.1 Å². The standard InChI is InChI=1S/C18H30N4O/c1-18(2,14-6-3-4-7-14)13-20-17(23)16-9-11-22(21-16)15-8-5-10-19-12-15/h9,11,14-15,19H,3-8,10,12-13H2,1-2H3,(H,20,23). The van der Waals surface area contributed by atoms with Crippen LogP contribution in [-0.2, 0) is 0 Å². The molecule has 23 heavy (non-hydrogen) atoms. The van der Waals surface area contributed by atoms with E-state index in [2.05, 4.69) is 29.6 Å². The number of hydrogen-bond acceptors (Lipinski definition) is 3. The van der Waals surface area contributed by atoms with Crippen LogP contribution in [0, 0.1) is 11.3 Å². The molecule has 0 bridgehead atoms. The fraction of sp³-hybridized carbons (Fsp3) is 0.778. The molecule has 1 aromatic rings. The molecule has 0 radical (unpaired) electrons. The van der Waals surface area contributed by atoms with E-state index in [0.29, 0.717) is 11.7 Å². The smallest absolute Gasteiger partial charge is 0.271 e. The maximum absolute atomic E-state index is 12.4. The minimum atomic E-state index is -0.0430. The number of hydrogen-bond donors (Lipinski definition) is 2. The maximum Gasteiger partial charge on any atom is 0.271 e. The number of piperidine rings is 1. The normalized spacial score (nSPS) is 23.1. The molecule has 2 N–H and O–H groups in total. The fourth-order valence-corrected chi connectivity index (χ4v) is 3.97. The summed E-state index contributed by atoms with van der Waals surface area (Å²) in [5.41, 5.74) is 0.708. The van der Waals surface area contributed by atoms with Crippen LogP contribution in [0.2, 0.25) is 0 Å². The summed E-state index contributed by atoms with van der Waals surface area (Å²) in [6.45, 7) is 7.30. The molecule has 1 amide bonds. The molecule has 0 aromatic carbocycles. The monoisotopic (exact) mass is 318 g/mol. The first kappa shape index (κ1) is 16.5. The molecule has 1 unspecified atom stereocenters. The number of nitrogens with one attached hydrogen (secondary N) is 2. The number of aromatic nitrogens is 2. The van der Waals surface area contributed by atoms with Crippen molar-refractivity contribution in [2.45, 2.75) is 58.4 Å². The Morgan fingerprint density at radius 3 is 2.83 bits per heavy atom. The Hall–Kier alpha value is -1.36. The van der Waals surface area contributed by atoms with E-state index < -0.39 is 0 Å². The summed E-state index contributed by atoms with van der Waals surface area (Å²) in [5, 5.41) is 11.0. The zero-order valence-corrected chi connectivity index (χ0v) is 14.5. The Kier molecular flexibility index (Phi) is 5.05. The van der Waals surface area contributed by atoms with Gasteiger partial charge in [-0.15, -0.1) is 0 Å². The zero-order chi connectivity index (χ0) is 16.3. The molecule has 1 saturated heterocycles. The summed E-state index contributed by atoms with van der Waals surface area (Å²) in [7, 11) is 0. The second kappa shape index (κ2) is 7.04. The van der Waals surface area contributed by atoms with E-state index in [1.54, 1.807) is 0 Å². The lowest BCUT2D eigenvalue weighted by Crippen LogP contribution is -2.38. The van der Waals surface area contributed by atoms with Gasteiger partial charge in [-0.3, -0.25) is 9.48 Å². The van der Waals surface area contributed by atoms with Crippen LogP contribution in [-0.4, -0.2) is 35.3 Å². The van der Waals surface area contributed by atoms with E-state index in [-0.39, 0.29) is 11.3 Å². The zero-order valence-electron chi connectivity index (χ0n) is 14.5. The highest BCUT2D eigenvalue weighted by Crippen LogP contribution is 2.39. The van der Waals surface area contributed by atoms with Gasteiger partial charge in [-0.2, -0.15) is 5.10 Å². The molecule has 1 aliphatic heterocycles. The van der Waals surface area contributed by atoms with E-state index in [9.17, 15) is 4.79 Å². The number of amides is 1. The van der Waals surface area contributed by atoms with Gasteiger partial charge in [0.2, 0.25) is 0 Å². The van der Waals surface area contributed by atoms with Crippen molar-refractivity contribution in [3.05, 3.63) is 18.0 Å². The minimum absolute atomic E-state index is 0.0430. The summed E-state index contributed by atoms with van der Waals surface area (Å²) < 4.78 is 1.95. The van der Waals surface area contributed by atoms with Crippen molar-refractivity contribution in [1.29, 1.82) is 0 Å². The van der Waals surface area contributed by atoms with Gasteiger partial charge in [0.25, 0.3) is 5.91 Å². The molecule has 0 spiro atoms. The Morgan fingerprint density at radius 2 is 2.13 bits per heavy atom. The molecule has 2 heterocycles. The van der Waals surface area contributed by atoms with E-state index in [4.69, 9.17) is 0 Å². The van der Waals surface area contributed by atoms with Crippen LogP contribution < -0.4 is 10.6 Å². The first-order valence-electron chi connectivity index (χ1n) is 9.10. The lowest BCUT2D eigenvalue weighted by molar-refractivity contribution is 0.0912. The lowest BCUT2D eigenvalue weighted by atomic mass is 9.78. The van der Waals surface area contributed by atoms with Crippen molar-refractivity contribution in [2.24, 2.45) is 11.3 Å². The van der Waals surface area contributed by atoms with Gasteiger partial charge in [-0.1, -0.05) is 26.7 Å². The lowest BCUT2D eigenvalue weighted by Gasteiger charge is -2.31. The third-order valence-electron chi connectivity index (χ3n) is 5.65. The van der Waals surface area contributed by atoms with Crippen molar-refractivity contribution < 1.29 is 4.79 Å². The quantitative estimate of drug-likeness (QED) is 0.877. The average molecular weight is 318 g/mol. The highest BCUT2D eigenvalue weighted by Gasteiger charge is 2.32. The predicted molar refractivity (Wildman–Crippen MR) is 91.4 cm³/mol. The second-order valence-electron chi connectivity index (χ2n) is 7.83. The molecule has 1 aliphatic carbocycles. The summed E-state index contributed by atoms with van der Waals surface area (Å²) in [6, 6.07) is 2.22. The highest BCUT2D eigenvalue weighted by molar-refractivity contribution is 5.92. The van der Waals surface area contributed by atoms with Crippen molar-refractivity contribution in [3.8, 4) is 0 Å². The van der Waals surface area contributed by atoms with Crippen LogP contribution in [0.25, 0.3) is 0 Å². The molecule has 1 atom stereocenters. The highest BCUT2D eigenvalue weighted by atomic mass is 16.1. The molecule has 2 aliphatic rings. The van der Waals surface area contributed by atoms with Crippen molar-refractivity contribution in [2.75, 3.05) is 19.6 Å². The second-order valence-corrected chi connectivity index (χ2v) is 7.83. The Bertz CT molecular complexity index is 525. The number of carbonyl (C=O) groups excluding carboxylic acids is 1. The molecule has 3 rings (SSSR count). The van der Waals surface area contributed by atoms with Gasteiger partial charge in [0, 0.05) is 19.3 Å². The van der Waals surface area contributed by atoms with Crippen LogP contribution in [0.15, 0.2) is 12.3 Å². The molecular formula is C18H30N4O. The van der Waals surface area contributed by atoms with Crippen molar-refractivity contribution in [1.82, 2.24) is 20.4 Å². The first-order valence-corrected chi connectivity index (χ1v) is 9.10. The topological polar surface area (TPSA) is 59.0 Å². The van der Waals surface area contributed by atoms with Crippen LogP contribution in [0.5, 0.6) is 0 Å². The van der Waals surface area contributed by atoms with Gasteiger partial charge in [0.05, 0.1) is 6.04 Å². The van der Waals surface area contributed by atoms with Crippen LogP contribution >= 0.6 is 0 Å². The molecule has 2 fully saturated rings. The number of carbonyl (C=O) groups is 1. The van der Waals surface area contributed by atoms with Gasteiger partial charge in [-0.25, -0.2) is 0 Å². The first-order chi connectivity index (χ1) is 11.1. The Labute approximate surface area is 139 Å². The largest absolute Gasteiger partial charge is 0.350 e. The van der Waals surface area contributed by atoms with E-state index >= 15 is 0 Å². The molecule has 128 valence electrons. The van der Waals surface area contributed by atoms with Crippen LogP contribution in [0.1, 0.15) is 68.9 Å².